The van der Waals surface area contributed by atoms with Crippen LogP contribution in [0.5, 0.6) is 0 Å². The van der Waals surface area contributed by atoms with Crippen LogP contribution in [0.1, 0.15) is 27.2 Å². The van der Waals surface area contributed by atoms with E-state index in [-0.39, 0.29) is 18.3 Å². The van der Waals surface area contributed by atoms with Crippen LogP contribution in [-0.2, 0) is 4.79 Å². The van der Waals surface area contributed by atoms with Gasteiger partial charge in [-0.1, -0.05) is 6.92 Å². The number of rotatable bonds is 4. The van der Waals surface area contributed by atoms with Crippen molar-refractivity contribution in [1.29, 1.82) is 0 Å². The van der Waals surface area contributed by atoms with Crippen molar-refractivity contribution in [3.8, 4) is 0 Å². The molecule has 16 heavy (non-hydrogen) atoms. The fourth-order valence-electron chi connectivity index (χ4n) is 1.85. The molecule has 0 aromatic rings. The van der Waals surface area contributed by atoms with Crippen LogP contribution in [-0.4, -0.2) is 49.1 Å². The number of nitrogens with one attached hydrogen (secondary N) is 2. The molecule has 1 heterocycles. The van der Waals surface area contributed by atoms with Gasteiger partial charge in [0, 0.05) is 31.7 Å². The number of carbonyl (C=O) groups is 1. The van der Waals surface area contributed by atoms with E-state index in [4.69, 9.17) is 0 Å². The monoisotopic (exact) mass is 249 g/mol. The Morgan fingerprint density at radius 1 is 1.50 bits per heavy atom. The van der Waals surface area contributed by atoms with Gasteiger partial charge in [-0.2, -0.15) is 0 Å². The van der Waals surface area contributed by atoms with Gasteiger partial charge in [-0.3, -0.25) is 9.69 Å². The van der Waals surface area contributed by atoms with Gasteiger partial charge in [0.05, 0.1) is 6.54 Å². The molecular formula is C11H24ClN3O. The summed E-state index contributed by atoms with van der Waals surface area (Å²) in [6.07, 6.45) is 0.999. The minimum absolute atomic E-state index is 0. The first-order chi connectivity index (χ1) is 7.15. The maximum atomic E-state index is 11.5. The fraction of sp³-hybridized carbons (Fsp3) is 0.909. The number of hydrogen-bond acceptors (Lipinski definition) is 3. The Labute approximate surface area is 105 Å². The molecule has 0 aliphatic carbocycles. The van der Waals surface area contributed by atoms with E-state index in [0.717, 1.165) is 26.1 Å². The average molecular weight is 250 g/mol. The summed E-state index contributed by atoms with van der Waals surface area (Å²) in [5.41, 5.74) is 0. The average Bonchev–Trinajstić information content (AvgIpc) is 2.22. The molecule has 4 nitrogen and oxygen atoms in total. The summed E-state index contributed by atoms with van der Waals surface area (Å²) < 4.78 is 0. The molecule has 1 aliphatic heterocycles. The highest BCUT2D eigenvalue weighted by atomic mass is 35.5. The molecule has 96 valence electrons. The zero-order valence-electron chi connectivity index (χ0n) is 10.5. The highest BCUT2D eigenvalue weighted by Gasteiger charge is 2.25. The molecule has 1 aliphatic rings. The summed E-state index contributed by atoms with van der Waals surface area (Å²) in [7, 11) is 0. The first kappa shape index (κ1) is 15.7. The number of nitrogens with zero attached hydrogens (tertiary/aromatic N) is 1. The maximum absolute atomic E-state index is 11.5. The lowest BCUT2D eigenvalue weighted by atomic mass is 10.1. The molecular weight excluding hydrogens is 226 g/mol. The quantitative estimate of drug-likeness (QED) is 0.768. The van der Waals surface area contributed by atoms with Gasteiger partial charge in [-0.05, 0) is 20.3 Å². The molecule has 0 saturated carbocycles. The van der Waals surface area contributed by atoms with Crippen molar-refractivity contribution in [3.63, 3.8) is 0 Å². The van der Waals surface area contributed by atoms with E-state index in [1.54, 1.807) is 0 Å². The van der Waals surface area contributed by atoms with E-state index in [1.165, 1.54) is 0 Å². The lowest BCUT2D eigenvalue weighted by molar-refractivity contribution is -0.123. The van der Waals surface area contributed by atoms with Gasteiger partial charge < -0.3 is 10.6 Å². The minimum atomic E-state index is 0. The van der Waals surface area contributed by atoms with Crippen LogP contribution < -0.4 is 10.6 Å². The second kappa shape index (κ2) is 7.87. The lowest BCUT2D eigenvalue weighted by Gasteiger charge is -2.38. The Morgan fingerprint density at radius 3 is 2.81 bits per heavy atom. The number of carbonyl (C=O) groups excluding carboxylic acids is 1. The van der Waals surface area contributed by atoms with Crippen molar-refractivity contribution < 1.29 is 4.79 Å². The Balaban J connectivity index is 0.00000225. The smallest absolute Gasteiger partial charge is 0.234 e. The largest absolute Gasteiger partial charge is 0.355 e. The standard InChI is InChI=1S/C11H23N3O.ClH/c1-4-5-13-11(15)8-14-7-6-12-9(2)10(14)3;/h9-10,12H,4-8H2,1-3H3,(H,13,15);1H. The normalized spacial score (nSPS) is 25.9. The predicted octanol–water partition coefficient (Wildman–Crippen LogP) is 0.617. The summed E-state index contributed by atoms with van der Waals surface area (Å²) in [5.74, 6) is 0.151. The molecule has 2 N–H and O–H groups in total. The molecule has 2 unspecified atom stereocenters. The number of halogens is 1. The topological polar surface area (TPSA) is 44.4 Å². The molecule has 0 aromatic carbocycles. The van der Waals surface area contributed by atoms with Gasteiger partial charge in [-0.25, -0.2) is 0 Å². The van der Waals surface area contributed by atoms with Crippen LogP contribution in [0.2, 0.25) is 0 Å². The third kappa shape index (κ3) is 4.68. The van der Waals surface area contributed by atoms with Crippen molar-refractivity contribution >= 4 is 18.3 Å². The highest BCUT2D eigenvalue weighted by Crippen LogP contribution is 2.07. The molecule has 2 atom stereocenters. The third-order valence-corrected chi connectivity index (χ3v) is 3.08. The zero-order chi connectivity index (χ0) is 11.3. The second-order valence-electron chi connectivity index (χ2n) is 4.30. The Morgan fingerprint density at radius 2 is 2.19 bits per heavy atom. The summed E-state index contributed by atoms with van der Waals surface area (Å²) in [6.45, 7) is 9.67. The van der Waals surface area contributed by atoms with Crippen molar-refractivity contribution in [3.05, 3.63) is 0 Å². The molecule has 1 fully saturated rings. The molecule has 0 bridgehead atoms. The predicted molar refractivity (Wildman–Crippen MR) is 69.0 cm³/mol. The molecule has 1 rings (SSSR count). The van der Waals surface area contributed by atoms with Crippen molar-refractivity contribution in [2.24, 2.45) is 0 Å². The lowest BCUT2D eigenvalue weighted by Crippen LogP contribution is -2.57. The van der Waals surface area contributed by atoms with Gasteiger partial charge in [0.1, 0.15) is 0 Å². The van der Waals surface area contributed by atoms with Crippen LogP contribution in [0.15, 0.2) is 0 Å². The SMILES string of the molecule is CCCNC(=O)CN1CCNC(C)C1C.Cl. The third-order valence-electron chi connectivity index (χ3n) is 3.08. The molecule has 5 heteroatoms. The molecule has 0 radical (unpaired) electrons. The van der Waals surface area contributed by atoms with Crippen LogP contribution in [0.3, 0.4) is 0 Å². The van der Waals surface area contributed by atoms with E-state index in [2.05, 4.69) is 36.3 Å². The summed E-state index contributed by atoms with van der Waals surface area (Å²) >= 11 is 0. The maximum Gasteiger partial charge on any atom is 0.234 e. The van der Waals surface area contributed by atoms with Gasteiger partial charge >= 0.3 is 0 Å². The Bertz CT molecular complexity index is 213. The van der Waals surface area contributed by atoms with Crippen LogP contribution in [0.25, 0.3) is 0 Å². The zero-order valence-corrected chi connectivity index (χ0v) is 11.3. The van der Waals surface area contributed by atoms with E-state index in [1.807, 2.05) is 0 Å². The number of amides is 1. The Hall–Kier alpha value is -0.320. The fourth-order valence-corrected chi connectivity index (χ4v) is 1.85. The molecule has 0 spiro atoms. The van der Waals surface area contributed by atoms with E-state index < -0.39 is 0 Å². The van der Waals surface area contributed by atoms with E-state index in [9.17, 15) is 4.79 Å². The van der Waals surface area contributed by atoms with E-state index >= 15 is 0 Å². The summed E-state index contributed by atoms with van der Waals surface area (Å²) in [5, 5.41) is 6.32. The molecule has 1 amide bonds. The van der Waals surface area contributed by atoms with Gasteiger partial charge in [0.15, 0.2) is 0 Å². The summed E-state index contributed by atoms with van der Waals surface area (Å²) in [6, 6.07) is 0.906. The number of hydrogen-bond donors (Lipinski definition) is 2. The van der Waals surface area contributed by atoms with Crippen LogP contribution in [0, 0.1) is 0 Å². The molecule has 0 aromatic heterocycles. The van der Waals surface area contributed by atoms with Gasteiger partial charge in [0.2, 0.25) is 5.91 Å². The number of piperazine rings is 1. The summed E-state index contributed by atoms with van der Waals surface area (Å²) in [4.78, 5) is 13.8. The van der Waals surface area contributed by atoms with E-state index in [0.29, 0.717) is 18.6 Å². The van der Waals surface area contributed by atoms with Crippen LogP contribution in [0.4, 0.5) is 0 Å². The first-order valence-electron chi connectivity index (χ1n) is 5.89. The highest BCUT2D eigenvalue weighted by molar-refractivity contribution is 5.85. The van der Waals surface area contributed by atoms with Gasteiger partial charge in [0.25, 0.3) is 0 Å². The van der Waals surface area contributed by atoms with Crippen LogP contribution >= 0.6 is 12.4 Å². The minimum Gasteiger partial charge on any atom is -0.355 e. The van der Waals surface area contributed by atoms with Crippen molar-refractivity contribution in [2.45, 2.75) is 39.3 Å². The van der Waals surface area contributed by atoms with Gasteiger partial charge in [-0.15, -0.1) is 12.4 Å². The first-order valence-corrected chi connectivity index (χ1v) is 5.89. The van der Waals surface area contributed by atoms with Crippen molar-refractivity contribution in [2.75, 3.05) is 26.2 Å². The van der Waals surface area contributed by atoms with Crippen molar-refractivity contribution in [1.82, 2.24) is 15.5 Å². The second-order valence-corrected chi connectivity index (χ2v) is 4.30. The Kier molecular flexibility index (Phi) is 7.72. The molecule has 1 saturated heterocycles.